The quantitative estimate of drug-likeness (QED) is 0.293. The molecule has 3 aromatic rings. The van der Waals surface area contributed by atoms with Gasteiger partial charge in [-0.2, -0.15) is 0 Å². The van der Waals surface area contributed by atoms with Crippen LogP contribution >= 0.6 is 11.3 Å². The van der Waals surface area contributed by atoms with Crippen molar-refractivity contribution < 1.29 is 9.53 Å². The molecule has 0 amide bonds. The van der Waals surface area contributed by atoms with Crippen molar-refractivity contribution >= 4 is 34.2 Å². The van der Waals surface area contributed by atoms with Gasteiger partial charge in [0.15, 0.2) is 0 Å². The Hall–Kier alpha value is -2.86. The third kappa shape index (κ3) is 7.06. The summed E-state index contributed by atoms with van der Waals surface area (Å²) in [5.74, 6) is 1.20. The monoisotopic (exact) mass is 465 g/mol. The predicted molar refractivity (Wildman–Crippen MR) is 140 cm³/mol. The first kappa shape index (κ1) is 24.8. The highest BCUT2D eigenvalue weighted by Crippen LogP contribution is 2.36. The van der Waals surface area contributed by atoms with Gasteiger partial charge in [0, 0.05) is 24.6 Å². The van der Waals surface area contributed by atoms with E-state index in [9.17, 15) is 4.79 Å². The van der Waals surface area contributed by atoms with Gasteiger partial charge in [-0.05, 0) is 29.5 Å². The summed E-state index contributed by atoms with van der Waals surface area (Å²) in [6.45, 7) is 13.9. The molecule has 0 saturated carbocycles. The van der Waals surface area contributed by atoms with E-state index in [1.165, 1.54) is 5.69 Å². The molecule has 0 saturated heterocycles. The number of thiazole rings is 1. The molecule has 5 nitrogen and oxygen atoms in total. The van der Waals surface area contributed by atoms with Crippen molar-refractivity contribution in [2.45, 2.75) is 40.5 Å². The highest BCUT2D eigenvalue weighted by molar-refractivity contribution is 7.19. The standard InChI is InChI=1S/C27H35N3O2S/c1-19(2)15-30(16-20(3)4)25-12-11-23(21(5)17-32-18-31)13-24(25)29-26-14-28-27(33-26)22-9-7-6-8-10-22/h6-14,18-21,29H,15-17H2,1-5H3. The van der Waals surface area contributed by atoms with E-state index in [1.807, 2.05) is 24.4 Å². The van der Waals surface area contributed by atoms with Gasteiger partial charge in [0.05, 0.1) is 24.2 Å². The van der Waals surface area contributed by atoms with Crippen LogP contribution in [0, 0.1) is 11.8 Å². The Morgan fingerprint density at radius 2 is 1.73 bits per heavy atom. The van der Waals surface area contributed by atoms with Crippen LogP contribution in [-0.4, -0.2) is 31.2 Å². The molecule has 1 heterocycles. The number of nitrogens with zero attached hydrogens (tertiary/aromatic N) is 2. The number of carbonyl (C=O) groups excluding carboxylic acids is 1. The second kappa shape index (κ2) is 11.8. The summed E-state index contributed by atoms with van der Waals surface area (Å²) in [7, 11) is 0. The van der Waals surface area contributed by atoms with E-state index in [0.717, 1.165) is 39.9 Å². The van der Waals surface area contributed by atoms with E-state index in [2.05, 4.69) is 80.2 Å². The Morgan fingerprint density at radius 3 is 2.36 bits per heavy atom. The van der Waals surface area contributed by atoms with Crippen LogP contribution in [0.4, 0.5) is 16.4 Å². The topological polar surface area (TPSA) is 54.5 Å². The molecular formula is C27H35N3O2S. The minimum atomic E-state index is 0.106. The Kier molecular flexibility index (Phi) is 8.89. The molecule has 1 aromatic heterocycles. The molecule has 0 aliphatic rings. The Bertz CT molecular complexity index is 1010. The van der Waals surface area contributed by atoms with Gasteiger partial charge < -0.3 is 15.0 Å². The first-order chi connectivity index (χ1) is 15.9. The number of hydrogen-bond acceptors (Lipinski definition) is 6. The molecule has 1 N–H and O–H groups in total. The van der Waals surface area contributed by atoms with Crippen molar-refractivity contribution in [3.05, 3.63) is 60.3 Å². The van der Waals surface area contributed by atoms with E-state index in [1.54, 1.807) is 11.3 Å². The lowest BCUT2D eigenvalue weighted by Crippen LogP contribution is -2.31. The maximum Gasteiger partial charge on any atom is 0.293 e. The van der Waals surface area contributed by atoms with E-state index in [0.29, 0.717) is 24.9 Å². The van der Waals surface area contributed by atoms with E-state index in [-0.39, 0.29) is 5.92 Å². The number of hydrogen-bond donors (Lipinski definition) is 1. The molecule has 6 heteroatoms. The molecule has 0 aliphatic carbocycles. The van der Waals surface area contributed by atoms with Gasteiger partial charge in [0.2, 0.25) is 0 Å². The number of benzene rings is 2. The van der Waals surface area contributed by atoms with Crippen molar-refractivity contribution in [2.75, 3.05) is 29.9 Å². The second-order valence-corrected chi connectivity index (χ2v) is 10.4. The third-order valence-electron chi connectivity index (χ3n) is 5.30. The summed E-state index contributed by atoms with van der Waals surface area (Å²) in [6.07, 6.45) is 1.90. The zero-order valence-corrected chi connectivity index (χ0v) is 21.1. The molecule has 2 aromatic carbocycles. The smallest absolute Gasteiger partial charge is 0.293 e. The highest BCUT2D eigenvalue weighted by atomic mass is 32.1. The van der Waals surface area contributed by atoms with Crippen LogP contribution in [0.25, 0.3) is 10.6 Å². The molecule has 0 aliphatic heterocycles. The fraction of sp³-hybridized carbons (Fsp3) is 0.407. The number of nitrogens with one attached hydrogen (secondary N) is 1. The van der Waals surface area contributed by atoms with Gasteiger partial charge in [-0.1, -0.05) is 82.4 Å². The van der Waals surface area contributed by atoms with Gasteiger partial charge >= 0.3 is 0 Å². The van der Waals surface area contributed by atoms with Crippen LogP contribution in [0.3, 0.4) is 0 Å². The van der Waals surface area contributed by atoms with E-state index < -0.39 is 0 Å². The summed E-state index contributed by atoms with van der Waals surface area (Å²) in [5, 5.41) is 5.63. The van der Waals surface area contributed by atoms with Crippen LogP contribution in [0.15, 0.2) is 54.7 Å². The van der Waals surface area contributed by atoms with Crippen LogP contribution in [-0.2, 0) is 9.53 Å². The molecule has 0 spiro atoms. The average molecular weight is 466 g/mol. The molecule has 33 heavy (non-hydrogen) atoms. The lowest BCUT2D eigenvalue weighted by atomic mass is 10.00. The van der Waals surface area contributed by atoms with E-state index in [4.69, 9.17) is 4.74 Å². The van der Waals surface area contributed by atoms with Crippen LogP contribution in [0.2, 0.25) is 0 Å². The third-order valence-corrected chi connectivity index (χ3v) is 6.26. The number of rotatable bonds is 12. The first-order valence-electron chi connectivity index (χ1n) is 11.6. The van der Waals surface area contributed by atoms with Gasteiger partial charge in [-0.15, -0.1) is 0 Å². The maximum atomic E-state index is 10.7. The molecule has 176 valence electrons. The van der Waals surface area contributed by atoms with Gasteiger partial charge in [0.25, 0.3) is 6.47 Å². The van der Waals surface area contributed by atoms with Gasteiger partial charge in [-0.25, -0.2) is 4.98 Å². The molecule has 1 unspecified atom stereocenters. The fourth-order valence-corrected chi connectivity index (χ4v) is 4.68. The Labute approximate surface area is 201 Å². The molecule has 0 radical (unpaired) electrons. The highest BCUT2D eigenvalue weighted by Gasteiger charge is 2.18. The van der Waals surface area contributed by atoms with Crippen molar-refractivity contribution in [1.82, 2.24) is 4.98 Å². The van der Waals surface area contributed by atoms with Crippen molar-refractivity contribution in [1.29, 1.82) is 0 Å². The van der Waals surface area contributed by atoms with Crippen molar-refractivity contribution in [3.63, 3.8) is 0 Å². The van der Waals surface area contributed by atoms with Crippen molar-refractivity contribution in [2.24, 2.45) is 11.8 Å². The van der Waals surface area contributed by atoms with Crippen LogP contribution < -0.4 is 10.2 Å². The largest absolute Gasteiger partial charge is 0.467 e. The van der Waals surface area contributed by atoms with E-state index >= 15 is 0 Å². The molecular weight excluding hydrogens is 430 g/mol. The summed E-state index contributed by atoms with van der Waals surface area (Å²) in [5.41, 5.74) is 4.48. The zero-order valence-electron chi connectivity index (χ0n) is 20.2. The van der Waals surface area contributed by atoms with Crippen LogP contribution in [0.5, 0.6) is 0 Å². The molecule has 0 bridgehead atoms. The maximum absolute atomic E-state index is 10.7. The molecule has 3 rings (SSSR count). The number of carbonyl (C=O) groups is 1. The fourth-order valence-electron chi connectivity index (χ4n) is 3.85. The zero-order chi connectivity index (χ0) is 23.8. The lowest BCUT2D eigenvalue weighted by Gasteiger charge is -2.31. The summed E-state index contributed by atoms with van der Waals surface area (Å²) in [6, 6.07) is 16.8. The second-order valence-electron chi connectivity index (χ2n) is 9.32. The SMILES string of the molecule is CC(C)CN(CC(C)C)c1ccc(C(C)COC=O)cc1Nc1cnc(-c2ccccc2)s1. The first-order valence-corrected chi connectivity index (χ1v) is 12.4. The van der Waals surface area contributed by atoms with Crippen molar-refractivity contribution in [3.8, 4) is 10.6 Å². The van der Waals surface area contributed by atoms with Gasteiger partial charge in [-0.3, -0.25) is 4.79 Å². The average Bonchev–Trinajstić information content (AvgIpc) is 3.25. The van der Waals surface area contributed by atoms with Crippen LogP contribution in [0.1, 0.15) is 46.1 Å². The minimum Gasteiger partial charge on any atom is -0.467 e. The normalized spacial score (nSPS) is 12.1. The number of ether oxygens (including phenoxy) is 1. The predicted octanol–water partition coefficient (Wildman–Crippen LogP) is 6.95. The summed E-state index contributed by atoms with van der Waals surface area (Å²) >= 11 is 1.65. The lowest BCUT2D eigenvalue weighted by molar-refractivity contribution is -0.129. The Morgan fingerprint density at radius 1 is 1.03 bits per heavy atom. The number of aromatic nitrogens is 1. The van der Waals surface area contributed by atoms with Gasteiger partial charge in [0.1, 0.15) is 10.0 Å². The summed E-state index contributed by atoms with van der Waals surface area (Å²) in [4.78, 5) is 17.8. The molecule has 1 atom stereocenters. The Balaban J connectivity index is 1.96. The number of anilines is 3. The summed E-state index contributed by atoms with van der Waals surface area (Å²) < 4.78 is 5.02. The molecule has 0 fully saturated rings. The minimum absolute atomic E-state index is 0.106.